The van der Waals surface area contributed by atoms with Crippen LogP contribution in [0, 0.1) is 0 Å². The average Bonchev–Trinajstić information content (AvgIpc) is 1.59. The van der Waals surface area contributed by atoms with Gasteiger partial charge in [-0.2, -0.15) is 0 Å². The lowest BCUT2D eigenvalue weighted by Gasteiger charge is -1.92. The molecule has 0 aromatic rings. The molecule has 10 heavy (non-hydrogen) atoms. The fraction of sp³-hybridized carbons (Fsp3) is 0. The van der Waals surface area contributed by atoms with Crippen molar-refractivity contribution in [3.8, 4) is 0 Å². The monoisotopic (exact) mass is 184 g/mol. The number of carboxylic acids is 2. The maximum atomic E-state index is 9.97. The molecule has 0 aromatic carbocycles. The van der Waals surface area contributed by atoms with E-state index < -0.39 is 22.0 Å². The SMILES string of the molecule is O=C(O)C(C(=O)O)=C(Cl)Cl. The summed E-state index contributed by atoms with van der Waals surface area (Å²) in [5, 5.41) is 16.2. The van der Waals surface area contributed by atoms with Gasteiger partial charge >= 0.3 is 11.9 Å². The van der Waals surface area contributed by atoms with E-state index in [2.05, 4.69) is 0 Å². The van der Waals surface area contributed by atoms with Gasteiger partial charge in [-0.15, -0.1) is 0 Å². The van der Waals surface area contributed by atoms with Gasteiger partial charge in [0.2, 0.25) is 0 Å². The van der Waals surface area contributed by atoms with Gasteiger partial charge in [0.05, 0.1) is 0 Å². The van der Waals surface area contributed by atoms with Crippen molar-refractivity contribution in [2.24, 2.45) is 0 Å². The lowest BCUT2D eigenvalue weighted by atomic mass is 10.3. The van der Waals surface area contributed by atoms with Crippen LogP contribution in [0.3, 0.4) is 0 Å². The van der Waals surface area contributed by atoms with Crippen LogP contribution >= 0.6 is 23.2 Å². The van der Waals surface area contributed by atoms with Crippen molar-refractivity contribution < 1.29 is 19.8 Å². The average molecular weight is 185 g/mol. The summed E-state index contributed by atoms with van der Waals surface area (Å²) >= 11 is 9.83. The van der Waals surface area contributed by atoms with Gasteiger partial charge in [-0.25, -0.2) is 9.59 Å². The van der Waals surface area contributed by atoms with Crippen LogP contribution in [-0.4, -0.2) is 22.2 Å². The van der Waals surface area contributed by atoms with Crippen LogP contribution in [0.25, 0.3) is 0 Å². The Bertz CT molecular complexity index is 187. The van der Waals surface area contributed by atoms with Gasteiger partial charge in [0.15, 0.2) is 5.57 Å². The van der Waals surface area contributed by atoms with Crippen LogP contribution in [0.5, 0.6) is 0 Å². The van der Waals surface area contributed by atoms with E-state index in [9.17, 15) is 9.59 Å². The zero-order chi connectivity index (χ0) is 8.31. The standard InChI is InChI=1S/C4H2Cl2O4/c5-2(6)1(3(7)8)4(9)10/h(H,7,8)(H,9,10). The van der Waals surface area contributed by atoms with Gasteiger partial charge in [0.1, 0.15) is 4.49 Å². The Balaban J connectivity index is 4.79. The molecule has 0 amide bonds. The number of halogens is 2. The molecule has 0 bridgehead atoms. The number of rotatable bonds is 2. The highest BCUT2D eigenvalue weighted by atomic mass is 35.5. The third kappa shape index (κ3) is 2.24. The summed E-state index contributed by atoms with van der Waals surface area (Å²) in [4.78, 5) is 19.9. The van der Waals surface area contributed by atoms with Crippen LogP contribution in [-0.2, 0) is 9.59 Å². The van der Waals surface area contributed by atoms with Gasteiger partial charge in [-0.05, 0) is 0 Å². The molecule has 0 radical (unpaired) electrons. The van der Waals surface area contributed by atoms with Crippen LogP contribution in [0.2, 0.25) is 0 Å². The van der Waals surface area contributed by atoms with Crippen LogP contribution < -0.4 is 0 Å². The normalized spacial score (nSPS) is 8.60. The third-order valence-electron chi connectivity index (χ3n) is 0.617. The second kappa shape index (κ2) is 3.43. The molecule has 0 aliphatic heterocycles. The molecule has 0 fully saturated rings. The van der Waals surface area contributed by atoms with E-state index in [1.807, 2.05) is 0 Å². The number of hydrogen-bond donors (Lipinski definition) is 2. The molecule has 0 heterocycles. The van der Waals surface area contributed by atoms with Crippen LogP contribution in [0.15, 0.2) is 10.1 Å². The Kier molecular flexibility index (Phi) is 3.18. The zero-order valence-corrected chi connectivity index (χ0v) is 5.98. The van der Waals surface area contributed by atoms with Crippen molar-refractivity contribution in [3.63, 3.8) is 0 Å². The minimum Gasteiger partial charge on any atom is -0.477 e. The molecule has 0 aliphatic carbocycles. The lowest BCUT2D eigenvalue weighted by Crippen LogP contribution is -2.11. The molecule has 6 heteroatoms. The number of carbonyl (C=O) groups is 2. The number of hydrogen-bond acceptors (Lipinski definition) is 2. The van der Waals surface area contributed by atoms with Crippen LogP contribution in [0.1, 0.15) is 0 Å². The van der Waals surface area contributed by atoms with Crippen molar-refractivity contribution in [1.82, 2.24) is 0 Å². The number of aliphatic carboxylic acids is 2. The van der Waals surface area contributed by atoms with Crippen LogP contribution in [0.4, 0.5) is 0 Å². The molecule has 4 nitrogen and oxygen atoms in total. The molecular weight excluding hydrogens is 183 g/mol. The summed E-state index contributed by atoms with van der Waals surface area (Å²) < 4.78 is -0.764. The van der Waals surface area contributed by atoms with Gasteiger partial charge in [0.25, 0.3) is 0 Å². The minimum atomic E-state index is -1.66. The molecule has 0 saturated heterocycles. The van der Waals surface area contributed by atoms with Crippen molar-refractivity contribution in [1.29, 1.82) is 0 Å². The second-order valence-corrected chi connectivity index (χ2v) is 2.20. The molecule has 0 unspecified atom stereocenters. The molecule has 0 spiro atoms. The van der Waals surface area contributed by atoms with Gasteiger partial charge < -0.3 is 10.2 Å². The lowest BCUT2D eigenvalue weighted by molar-refractivity contribution is -0.140. The summed E-state index contributed by atoms with van der Waals surface area (Å²) in [6, 6.07) is 0. The summed E-state index contributed by atoms with van der Waals surface area (Å²) in [5.74, 6) is -3.32. The molecule has 0 atom stereocenters. The molecule has 56 valence electrons. The van der Waals surface area contributed by atoms with E-state index in [-0.39, 0.29) is 0 Å². The molecule has 0 rings (SSSR count). The third-order valence-corrected chi connectivity index (χ3v) is 0.995. The fourth-order valence-corrected chi connectivity index (χ4v) is 0.576. The first-order chi connectivity index (χ1) is 4.46. The second-order valence-electron chi connectivity index (χ2n) is 1.25. The number of carboxylic acid groups (broad SMARTS) is 2. The Morgan fingerprint density at radius 3 is 1.30 bits per heavy atom. The maximum absolute atomic E-state index is 9.97. The van der Waals surface area contributed by atoms with E-state index in [0.29, 0.717) is 0 Å². The Morgan fingerprint density at radius 2 is 1.30 bits per heavy atom. The quantitative estimate of drug-likeness (QED) is 0.379. The molecule has 0 aliphatic rings. The van der Waals surface area contributed by atoms with E-state index >= 15 is 0 Å². The maximum Gasteiger partial charge on any atom is 0.345 e. The van der Waals surface area contributed by atoms with Crippen molar-refractivity contribution >= 4 is 35.1 Å². The van der Waals surface area contributed by atoms with E-state index in [1.165, 1.54) is 0 Å². The molecule has 2 N–H and O–H groups in total. The largest absolute Gasteiger partial charge is 0.477 e. The first-order valence-corrected chi connectivity index (χ1v) is 2.74. The Hall–Kier alpha value is -0.740. The van der Waals surface area contributed by atoms with E-state index in [0.717, 1.165) is 0 Å². The van der Waals surface area contributed by atoms with Crippen molar-refractivity contribution in [2.75, 3.05) is 0 Å². The minimum absolute atomic E-state index is 0.764. The van der Waals surface area contributed by atoms with Gasteiger partial charge in [0, 0.05) is 0 Å². The smallest absolute Gasteiger partial charge is 0.345 e. The summed E-state index contributed by atoms with van der Waals surface area (Å²) in [6.07, 6.45) is 0. The van der Waals surface area contributed by atoms with Crippen molar-refractivity contribution in [2.45, 2.75) is 0 Å². The molecule has 0 aromatic heterocycles. The highest BCUT2D eigenvalue weighted by Crippen LogP contribution is 2.14. The van der Waals surface area contributed by atoms with Gasteiger partial charge in [-0.3, -0.25) is 0 Å². The fourth-order valence-electron chi connectivity index (χ4n) is 0.253. The van der Waals surface area contributed by atoms with Crippen molar-refractivity contribution in [3.05, 3.63) is 10.1 Å². The summed E-state index contributed by atoms with van der Waals surface area (Å²) in [5.41, 5.74) is -1.02. The Labute approximate surface area is 65.7 Å². The summed E-state index contributed by atoms with van der Waals surface area (Å²) in [6.45, 7) is 0. The zero-order valence-electron chi connectivity index (χ0n) is 4.47. The predicted octanol–water partition coefficient (Wildman–Crippen LogP) is 0.845. The molecular formula is C4H2Cl2O4. The first-order valence-electron chi connectivity index (χ1n) is 1.98. The Morgan fingerprint density at radius 1 is 1.00 bits per heavy atom. The highest BCUT2D eigenvalue weighted by molar-refractivity contribution is 6.58. The predicted molar refractivity (Wildman–Crippen MR) is 34.0 cm³/mol. The van der Waals surface area contributed by atoms with E-state index in [1.54, 1.807) is 0 Å². The summed E-state index contributed by atoms with van der Waals surface area (Å²) in [7, 11) is 0. The van der Waals surface area contributed by atoms with E-state index in [4.69, 9.17) is 33.4 Å². The van der Waals surface area contributed by atoms with Gasteiger partial charge in [-0.1, -0.05) is 23.2 Å². The highest BCUT2D eigenvalue weighted by Gasteiger charge is 2.19. The molecule has 0 saturated carbocycles. The first kappa shape index (κ1) is 9.26. The topological polar surface area (TPSA) is 74.6 Å².